The summed E-state index contributed by atoms with van der Waals surface area (Å²) in [6.45, 7) is 7.93. The Balaban J connectivity index is 2.54. The van der Waals surface area contributed by atoms with Crippen LogP contribution in [-0.2, 0) is 20.8 Å². The van der Waals surface area contributed by atoms with Gasteiger partial charge in [0.15, 0.2) is 0 Å². The molecule has 1 N–H and O–H groups in total. The summed E-state index contributed by atoms with van der Waals surface area (Å²) in [5.41, 5.74) is 0.604. The molecule has 1 aromatic rings. The lowest BCUT2D eigenvalue weighted by Gasteiger charge is -2.13. The van der Waals surface area contributed by atoms with Crippen LogP contribution in [-0.4, -0.2) is 52.6 Å². The fourth-order valence-electron chi connectivity index (χ4n) is 1.55. The van der Waals surface area contributed by atoms with Crippen LogP contribution in [0.3, 0.4) is 0 Å². The van der Waals surface area contributed by atoms with Gasteiger partial charge in [-0.1, -0.05) is 5.21 Å². The Morgan fingerprint density at radius 1 is 1.21 bits per heavy atom. The highest BCUT2D eigenvalue weighted by molar-refractivity contribution is 4.94. The summed E-state index contributed by atoms with van der Waals surface area (Å²) < 4.78 is 17.6. The fourth-order valence-corrected chi connectivity index (χ4v) is 1.55. The van der Waals surface area contributed by atoms with Crippen molar-refractivity contribution in [3.63, 3.8) is 0 Å². The van der Waals surface area contributed by atoms with Gasteiger partial charge in [0.25, 0.3) is 0 Å². The van der Waals surface area contributed by atoms with E-state index in [1.807, 2.05) is 20.8 Å². The molecule has 1 aromatic heterocycles. The normalized spacial score (nSPS) is 13.1. The molecule has 0 aliphatic rings. The zero-order valence-corrected chi connectivity index (χ0v) is 11.8. The molecule has 0 bridgehead atoms. The van der Waals surface area contributed by atoms with Gasteiger partial charge in [0, 0.05) is 19.8 Å². The number of hydrogen-bond acceptors (Lipinski definition) is 6. The number of aliphatic hydroxyl groups is 1. The number of nitrogens with zero attached hydrogens (tertiary/aromatic N) is 3. The van der Waals surface area contributed by atoms with Crippen LogP contribution in [0.15, 0.2) is 6.20 Å². The maximum absolute atomic E-state index is 9.71. The average Bonchev–Trinajstić information content (AvgIpc) is 2.84. The summed E-state index contributed by atoms with van der Waals surface area (Å²) in [6, 6.07) is 0. The van der Waals surface area contributed by atoms with Gasteiger partial charge >= 0.3 is 0 Å². The van der Waals surface area contributed by atoms with Crippen LogP contribution in [0.1, 0.15) is 32.8 Å². The minimum absolute atomic E-state index is 0.284. The van der Waals surface area contributed by atoms with E-state index in [4.69, 9.17) is 14.2 Å². The summed E-state index contributed by atoms with van der Waals surface area (Å²) in [4.78, 5) is 0. The SMILES string of the molecule is CCOCC(O)Cn1cc(C(OCC)OCC)nn1. The van der Waals surface area contributed by atoms with Gasteiger partial charge < -0.3 is 19.3 Å². The second-order valence-electron chi connectivity index (χ2n) is 3.92. The fraction of sp³-hybridized carbons (Fsp3) is 0.833. The van der Waals surface area contributed by atoms with Gasteiger partial charge in [-0.05, 0) is 20.8 Å². The topological polar surface area (TPSA) is 78.6 Å². The lowest BCUT2D eigenvalue weighted by molar-refractivity contribution is -0.142. The molecule has 1 unspecified atom stereocenters. The van der Waals surface area contributed by atoms with E-state index < -0.39 is 12.4 Å². The van der Waals surface area contributed by atoms with Gasteiger partial charge in [0.1, 0.15) is 5.69 Å². The van der Waals surface area contributed by atoms with Gasteiger partial charge in [-0.2, -0.15) is 0 Å². The Morgan fingerprint density at radius 3 is 2.47 bits per heavy atom. The Hall–Kier alpha value is -1.02. The molecule has 0 saturated heterocycles. The Labute approximate surface area is 113 Å². The van der Waals surface area contributed by atoms with Crippen molar-refractivity contribution in [3.05, 3.63) is 11.9 Å². The molecule has 0 radical (unpaired) electrons. The van der Waals surface area contributed by atoms with Gasteiger partial charge in [-0.3, -0.25) is 0 Å². The van der Waals surface area contributed by atoms with Crippen molar-refractivity contribution in [2.45, 2.75) is 39.7 Å². The number of aliphatic hydroxyl groups excluding tert-OH is 1. The Bertz CT molecular complexity index is 339. The maximum Gasteiger partial charge on any atom is 0.204 e. The molecule has 0 saturated carbocycles. The second-order valence-corrected chi connectivity index (χ2v) is 3.92. The van der Waals surface area contributed by atoms with Gasteiger partial charge in [0.2, 0.25) is 6.29 Å². The second kappa shape index (κ2) is 8.98. The number of aromatic nitrogens is 3. The first-order valence-corrected chi connectivity index (χ1v) is 6.60. The zero-order valence-electron chi connectivity index (χ0n) is 11.8. The van der Waals surface area contributed by atoms with Crippen LogP contribution in [0.4, 0.5) is 0 Å². The molecular weight excluding hydrogens is 250 g/mol. The van der Waals surface area contributed by atoms with E-state index in [1.165, 1.54) is 0 Å². The van der Waals surface area contributed by atoms with Gasteiger partial charge in [-0.15, -0.1) is 5.10 Å². The van der Waals surface area contributed by atoms with Crippen LogP contribution in [0, 0.1) is 0 Å². The molecule has 1 rings (SSSR count). The quantitative estimate of drug-likeness (QED) is 0.634. The van der Waals surface area contributed by atoms with Crippen LogP contribution in [0.25, 0.3) is 0 Å². The standard InChI is InChI=1S/C12H23N3O4/c1-4-17-9-10(16)7-15-8-11(13-14-15)12(18-5-2)19-6-3/h8,10,12,16H,4-7,9H2,1-3H3. The summed E-state index contributed by atoms with van der Waals surface area (Å²) in [7, 11) is 0. The molecule has 1 atom stereocenters. The van der Waals surface area contributed by atoms with Gasteiger partial charge in [-0.25, -0.2) is 4.68 Å². The van der Waals surface area contributed by atoms with Crippen molar-refractivity contribution in [2.75, 3.05) is 26.4 Å². The van der Waals surface area contributed by atoms with Crippen molar-refractivity contribution >= 4 is 0 Å². The summed E-state index contributed by atoms with van der Waals surface area (Å²) >= 11 is 0. The highest BCUT2D eigenvalue weighted by Gasteiger charge is 2.16. The van der Waals surface area contributed by atoms with E-state index >= 15 is 0 Å². The third-order valence-corrected chi connectivity index (χ3v) is 2.35. The molecular formula is C12H23N3O4. The van der Waals surface area contributed by atoms with Crippen molar-refractivity contribution in [2.24, 2.45) is 0 Å². The van der Waals surface area contributed by atoms with Crippen LogP contribution in [0.2, 0.25) is 0 Å². The minimum Gasteiger partial charge on any atom is -0.389 e. The van der Waals surface area contributed by atoms with Crippen LogP contribution < -0.4 is 0 Å². The average molecular weight is 273 g/mol. The zero-order chi connectivity index (χ0) is 14.1. The number of hydrogen-bond donors (Lipinski definition) is 1. The smallest absolute Gasteiger partial charge is 0.204 e. The monoisotopic (exact) mass is 273 g/mol. The third-order valence-electron chi connectivity index (χ3n) is 2.35. The molecule has 0 aromatic carbocycles. The van der Waals surface area contributed by atoms with Gasteiger partial charge in [0.05, 0.1) is 25.5 Å². The maximum atomic E-state index is 9.71. The molecule has 0 aliphatic heterocycles. The van der Waals surface area contributed by atoms with E-state index in [2.05, 4.69) is 10.3 Å². The predicted octanol–water partition coefficient (Wildman–Crippen LogP) is 0.747. The molecule has 0 spiro atoms. The van der Waals surface area contributed by atoms with E-state index in [1.54, 1.807) is 10.9 Å². The lowest BCUT2D eigenvalue weighted by Crippen LogP contribution is -2.22. The molecule has 1 heterocycles. The molecule has 19 heavy (non-hydrogen) atoms. The summed E-state index contributed by atoms with van der Waals surface area (Å²) in [5.74, 6) is 0. The Kier molecular flexibility index (Phi) is 7.57. The van der Waals surface area contributed by atoms with Crippen LogP contribution in [0.5, 0.6) is 0 Å². The molecule has 7 heteroatoms. The lowest BCUT2D eigenvalue weighted by atomic mass is 10.4. The third kappa shape index (κ3) is 5.65. The van der Waals surface area contributed by atoms with E-state index in [0.29, 0.717) is 32.1 Å². The number of ether oxygens (including phenoxy) is 3. The van der Waals surface area contributed by atoms with Crippen molar-refractivity contribution in [3.8, 4) is 0 Å². The van der Waals surface area contributed by atoms with Crippen molar-refractivity contribution in [1.29, 1.82) is 0 Å². The summed E-state index contributed by atoms with van der Waals surface area (Å²) in [5, 5.41) is 17.7. The van der Waals surface area contributed by atoms with E-state index in [-0.39, 0.29) is 6.61 Å². The molecule has 0 fully saturated rings. The first-order chi connectivity index (χ1) is 9.21. The van der Waals surface area contributed by atoms with E-state index in [0.717, 1.165) is 0 Å². The van der Waals surface area contributed by atoms with Crippen LogP contribution >= 0.6 is 0 Å². The molecule has 0 amide bonds. The highest BCUT2D eigenvalue weighted by atomic mass is 16.7. The minimum atomic E-state index is -0.605. The first kappa shape index (κ1) is 16.0. The highest BCUT2D eigenvalue weighted by Crippen LogP contribution is 2.15. The van der Waals surface area contributed by atoms with E-state index in [9.17, 15) is 5.11 Å². The Morgan fingerprint density at radius 2 is 1.89 bits per heavy atom. The summed E-state index contributed by atoms with van der Waals surface area (Å²) in [6.07, 6.45) is 0.602. The van der Waals surface area contributed by atoms with Crippen molar-refractivity contribution < 1.29 is 19.3 Å². The predicted molar refractivity (Wildman–Crippen MR) is 68.5 cm³/mol. The van der Waals surface area contributed by atoms with Crippen molar-refractivity contribution in [1.82, 2.24) is 15.0 Å². The largest absolute Gasteiger partial charge is 0.389 e. The molecule has 110 valence electrons. The first-order valence-electron chi connectivity index (χ1n) is 6.60. The molecule has 7 nitrogen and oxygen atoms in total. The number of rotatable bonds is 10. The molecule has 0 aliphatic carbocycles.